The number of fused-ring (bicyclic) bond motifs is 1. The first-order chi connectivity index (χ1) is 18.9. The lowest BCUT2D eigenvalue weighted by molar-refractivity contribution is 0.0259. The number of rotatable bonds is 7. The summed E-state index contributed by atoms with van der Waals surface area (Å²) in [5.74, 6) is 0.777. The lowest BCUT2D eigenvalue weighted by Crippen LogP contribution is -2.29. The first-order valence-corrected chi connectivity index (χ1v) is 12.9. The maximum Gasteiger partial charge on any atom is 0.255 e. The Balaban J connectivity index is 1.50. The highest BCUT2D eigenvalue weighted by molar-refractivity contribution is 6.34. The molecular formula is C29H27ClN4O5. The Kier molecular flexibility index (Phi) is 7.79. The summed E-state index contributed by atoms with van der Waals surface area (Å²) in [6.45, 7) is 11.0. The molecule has 1 amide bonds. The first-order valence-electron chi connectivity index (χ1n) is 12.6. The van der Waals surface area contributed by atoms with E-state index in [-0.39, 0.29) is 25.2 Å². The molecule has 0 aliphatic carbocycles. The fraction of sp³-hybridized carbons (Fsp3) is 0.310. The summed E-state index contributed by atoms with van der Waals surface area (Å²) in [7, 11) is 1.63. The van der Waals surface area contributed by atoms with Gasteiger partial charge in [-0.2, -0.15) is 0 Å². The zero-order chi connectivity index (χ0) is 27.5. The van der Waals surface area contributed by atoms with E-state index < -0.39 is 0 Å². The maximum absolute atomic E-state index is 12.6. The second kappa shape index (κ2) is 11.4. The van der Waals surface area contributed by atoms with E-state index in [9.17, 15) is 4.79 Å². The number of amides is 1. The van der Waals surface area contributed by atoms with E-state index in [0.29, 0.717) is 68.9 Å². The van der Waals surface area contributed by atoms with Gasteiger partial charge in [-0.25, -0.2) is 4.85 Å². The molecule has 4 aromatic rings. The van der Waals surface area contributed by atoms with E-state index in [0.717, 1.165) is 18.4 Å². The standard InChI is InChI=1S/C29H27ClN4O5/c1-17-12-19(29(36)34(3)8-9-35)15-33-27(17)25-14-23-28(39-25)26(21(30)16-32-23)18-4-5-24(22(13-18)31-2)38-20-6-10-37-11-7-20/h4-5,12-16,20,35H,6-11H2,1,3H3. The number of carbonyl (C=O) groups is 1. The van der Waals surface area contributed by atoms with Gasteiger partial charge in [-0.1, -0.05) is 17.7 Å². The molecule has 3 aromatic heterocycles. The summed E-state index contributed by atoms with van der Waals surface area (Å²) in [5, 5.41) is 9.50. The zero-order valence-electron chi connectivity index (χ0n) is 21.6. The Bertz CT molecular complexity index is 1570. The van der Waals surface area contributed by atoms with Crippen molar-refractivity contribution in [1.82, 2.24) is 14.9 Å². The number of hydrogen-bond acceptors (Lipinski definition) is 7. The fourth-order valence-corrected chi connectivity index (χ4v) is 4.84. The van der Waals surface area contributed by atoms with E-state index >= 15 is 0 Å². The molecule has 0 atom stereocenters. The largest absolute Gasteiger partial charge is 0.501 e. The minimum absolute atomic E-state index is 0.0152. The van der Waals surface area contributed by atoms with E-state index in [1.54, 1.807) is 37.5 Å². The lowest BCUT2D eigenvalue weighted by atomic mass is 10.0. The van der Waals surface area contributed by atoms with E-state index in [2.05, 4.69) is 14.8 Å². The van der Waals surface area contributed by atoms with Crippen LogP contribution in [0.3, 0.4) is 0 Å². The summed E-state index contributed by atoms with van der Waals surface area (Å²) >= 11 is 6.61. The van der Waals surface area contributed by atoms with Gasteiger partial charge in [0.1, 0.15) is 23.1 Å². The van der Waals surface area contributed by atoms with E-state index in [4.69, 9.17) is 37.2 Å². The van der Waals surface area contributed by atoms with Crippen LogP contribution in [0.4, 0.5) is 5.69 Å². The highest BCUT2D eigenvalue weighted by Gasteiger charge is 2.21. The number of nitrogens with zero attached hydrogens (tertiary/aromatic N) is 4. The molecule has 0 saturated carbocycles. The number of pyridine rings is 2. The van der Waals surface area contributed by atoms with Crippen LogP contribution in [0.2, 0.25) is 5.02 Å². The normalized spacial score (nSPS) is 13.8. The van der Waals surface area contributed by atoms with Crippen LogP contribution < -0.4 is 4.74 Å². The minimum atomic E-state index is -0.230. The van der Waals surface area contributed by atoms with Gasteiger partial charge in [0.2, 0.25) is 5.69 Å². The molecule has 1 aliphatic rings. The summed E-state index contributed by atoms with van der Waals surface area (Å²) in [6, 6.07) is 8.92. The number of aromatic nitrogens is 2. The molecule has 1 aliphatic heterocycles. The molecule has 9 nitrogen and oxygen atoms in total. The molecule has 10 heteroatoms. The summed E-state index contributed by atoms with van der Waals surface area (Å²) in [4.78, 5) is 26.7. The Hall–Kier alpha value is -3.97. The van der Waals surface area contributed by atoms with Gasteiger partial charge < -0.3 is 23.9 Å². The Morgan fingerprint density at radius 2 is 2.03 bits per heavy atom. The third kappa shape index (κ3) is 5.45. The van der Waals surface area contributed by atoms with Crippen molar-refractivity contribution in [2.45, 2.75) is 25.9 Å². The monoisotopic (exact) mass is 546 g/mol. The number of likely N-dealkylation sites (N-methyl/N-ethyl adjacent to an activating group) is 1. The van der Waals surface area contributed by atoms with Crippen LogP contribution in [-0.4, -0.2) is 65.4 Å². The van der Waals surface area contributed by atoms with Gasteiger partial charge in [0, 0.05) is 50.5 Å². The molecule has 4 heterocycles. The van der Waals surface area contributed by atoms with Gasteiger partial charge >= 0.3 is 0 Å². The average molecular weight is 547 g/mol. The third-order valence-corrected chi connectivity index (χ3v) is 6.95. The van der Waals surface area contributed by atoms with Gasteiger partial charge in [0.15, 0.2) is 11.3 Å². The van der Waals surface area contributed by atoms with Gasteiger partial charge in [-0.05, 0) is 36.2 Å². The highest BCUT2D eigenvalue weighted by atomic mass is 35.5. The van der Waals surface area contributed by atoms with Crippen molar-refractivity contribution in [2.24, 2.45) is 0 Å². The summed E-state index contributed by atoms with van der Waals surface area (Å²) in [6.07, 6.45) is 4.63. The van der Waals surface area contributed by atoms with Crippen molar-refractivity contribution >= 4 is 34.3 Å². The van der Waals surface area contributed by atoms with Crippen LogP contribution in [0.15, 0.2) is 47.1 Å². The smallest absolute Gasteiger partial charge is 0.255 e. The van der Waals surface area contributed by atoms with Crippen molar-refractivity contribution in [3.05, 3.63) is 70.3 Å². The first kappa shape index (κ1) is 26.6. The number of furan rings is 1. The molecule has 39 heavy (non-hydrogen) atoms. The third-order valence-electron chi connectivity index (χ3n) is 6.67. The van der Waals surface area contributed by atoms with Crippen molar-refractivity contribution in [3.63, 3.8) is 0 Å². The van der Waals surface area contributed by atoms with Crippen molar-refractivity contribution in [3.8, 4) is 28.3 Å². The van der Waals surface area contributed by atoms with Gasteiger partial charge in [0.05, 0.1) is 37.0 Å². The van der Waals surface area contributed by atoms with Crippen LogP contribution >= 0.6 is 11.6 Å². The number of carbonyl (C=O) groups excluding carboxylic acids is 1. The molecule has 1 aromatic carbocycles. The maximum atomic E-state index is 12.6. The second-order valence-electron chi connectivity index (χ2n) is 9.37. The zero-order valence-corrected chi connectivity index (χ0v) is 22.4. The van der Waals surface area contributed by atoms with Crippen LogP contribution in [0.1, 0.15) is 28.8 Å². The molecule has 1 N–H and O–H groups in total. The molecular weight excluding hydrogens is 520 g/mol. The van der Waals surface area contributed by atoms with Crippen LogP contribution in [0.5, 0.6) is 5.75 Å². The topological polar surface area (TPSA) is 102 Å². The minimum Gasteiger partial charge on any atom is -0.501 e. The fourth-order valence-electron chi connectivity index (χ4n) is 4.60. The average Bonchev–Trinajstić information content (AvgIpc) is 3.37. The van der Waals surface area contributed by atoms with Gasteiger partial charge in [-0.3, -0.25) is 14.8 Å². The molecule has 0 spiro atoms. The number of aliphatic hydroxyl groups is 1. The SMILES string of the molecule is [C-]#[N+]c1cc(-c2c(Cl)cnc3cc(-c4ncc(C(=O)N(C)CCO)cc4C)oc23)ccc1OC1CCOCC1. The molecule has 0 unspecified atom stereocenters. The van der Waals surface area contributed by atoms with Gasteiger partial charge in [-0.15, -0.1) is 0 Å². The molecule has 5 rings (SSSR count). The van der Waals surface area contributed by atoms with Crippen molar-refractivity contribution in [2.75, 3.05) is 33.4 Å². The number of halogens is 1. The molecule has 0 bridgehead atoms. The highest BCUT2D eigenvalue weighted by Crippen LogP contribution is 2.41. The van der Waals surface area contributed by atoms with E-state index in [1.165, 1.54) is 11.1 Å². The molecule has 0 radical (unpaired) electrons. The number of benzene rings is 1. The predicted octanol–water partition coefficient (Wildman–Crippen LogP) is 5.69. The number of ether oxygens (including phenoxy) is 2. The number of aliphatic hydroxyl groups excluding tert-OH is 1. The van der Waals surface area contributed by atoms with Crippen LogP contribution in [0, 0.1) is 13.5 Å². The van der Waals surface area contributed by atoms with Crippen molar-refractivity contribution < 1.29 is 23.8 Å². The van der Waals surface area contributed by atoms with Crippen molar-refractivity contribution in [1.29, 1.82) is 0 Å². The number of hydrogen-bond donors (Lipinski definition) is 1. The predicted molar refractivity (Wildman–Crippen MR) is 147 cm³/mol. The Morgan fingerprint density at radius 1 is 1.23 bits per heavy atom. The van der Waals surface area contributed by atoms with Crippen LogP contribution in [0.25, 0.3) is 38.5 Å². The van der Waals surface area contributed by atoms with Gasteiger partial charge in [0.25, 0.3) is 5.91 Å². The molecule has 1 saturated heterocycles. The Morgan fingerprint density at radius 3 is 2.74 bits per heavy atom. The Labute approximate surface area is 230 Å². The summed E-state index contributed by atoms with van der Waals surface area (Å²) < 4.78 is 17.8. The quantitative estimate of drug-likeness (QED) is 0.297. The van der Waals surface area contributed by atoms with E-state index in [1.807, 2.05) is 13.0 Å². The van der Waals surface area contributed by atoms with Crippen LogP contribution in [-0.2, 0) is 4.74 Å². The molecule has 200 valence electrons. The number of aryl methyl sites for hydroxylation is 1. The molecule has 1 fully saturated rings. The second-order valence-corrected chi connectivity index (χ2v) is 9.78. The summed E-state index contributed by atoms with van der Waals surface area (Å²) in [5.41, 5.74) is 4.49. The lowest BCUT2D eigenvalue weighted by Gasteiger charge is -2.24.